The summed E-state index contributed by atoms with van der Waals surface area (Å²) in [7, 11) is 0. The Hall–Kier alpha value is -0.930. The second kappa shape index (κ2) is 6.42. The first-order chi connectivity index (χ1) is 11.6. The van der Waals surface area contributed by atoms with Crippen molar-refractivity contribution in [1.29, 1.82) is 0 Å². The van der Waals surface area contributed by atoms with Crippen LogP contribution in [0, 0.1) is 0 Å². The quantitative estimate of drug-likeness (QED) is 0.718. The predicted octanol–water partition coefficient (Wildman–Crippen LogP) is 5.71. The van der Waals surface area contributed by atoms with Gasteiger partial charge in [-0.3, -0.25) is 0 Å². The highest BCUT2D eigenvalue weighted by Crippen LogP contribution is 2.47. The summed E-state index contributed by atoms with van der Waals surface area (Å²) in [6.07, 6.45) is 2.23. The number of nitrogens with one attached hydrogen (secondary N) is 1. The molecule has 2 atom stereocenters. The molecule has 2 aliphatic rings. The minimum absolute atomic E-state index is 0.276. The smallest absolute Gasteiger partial charge is 0.126 e. The molecule has 5 heteroatoms. The fourth-order valence-electron chi connectivity index (χ4n) is 3.79. The van der Waals surface area contributed by atoms with Gasteiger partial charge in [0.1, 0.15) is 11.9 Å². The molecular weight excluding hydrogens is 365 g/mol. The van der Waals surface area contributed by atoms with Gasteiger partial charge in [-0.25, -0.2) is 0 Å². The number of ether oxygens (including phenoxy) is 1. The number of hydrogen-bond acceptors (Lipinski definition) is 2. The van der Waals surface area contributed by atoms with E-state index in [2.05, 4.69) is 24.4 Å². The molecule has 1 saturated heterocycles. The maximum atomic E-state index is 6.44. The van der Waals surface area contributed by atoms with Crippen LogP contribution in [0.15, 0.2) is 24.3 Å². The molecule has 0 amide bonds. The van der Waals surface area contributed by atoms with Crippen LogP contribution in [0.1, 0.15) is 30.4 Å². The molecule has 2 unspecified atom stereocenters. The number of benzene rings is 2. The molecule has 2 aliphatic heterocycles. The van der Waals surface area contributed by atoms with Crippen molar-refractivity contribution in [2.24, 2.45) is 0 Å². The van der Waals surface area contributed by atoms with Crippen LogP contribution in [-0.2, 0) is 6.42 Å². The topological polar surface area (TPSA) is 21.3 Å². The van der Waals surface area contributed by atoms with Crippen LogP contribution >= 0.6 is 34.8 Å². The van der Waals surface area contributed by atoms with Crippen LogP contribution in [0.4, 0.5) is 0 Å². The highest BCUT2D eigenvalue weighted by molar-refractivity contribution is 6.41. The van der Waals surface area contributed by atoms with Crippen molar-refractivity contribution in [3.8, 4) is 16.9 Å². The Morgan fingerprint density at radius 1 is 1.12 bits per heavy atom. The Labute approximate surface area is 157 Å². The molecule has 2 aromatic carbocycles. The minimum Gasteiger partial charge on any atom is -0.489 e. The lowest BCUT2D eigenvalue weighted by atomic mass is 9.87. The van der Waals surface area contributed by atoms with E-state index in [1.165, 1.54) is 11.1 Å². The van der Waals surface area contributed by atoms with Gasteiger partial charge in [0.05, 0.1) is 10.0 Å². The van der Waals surface area contributed by atoms with Gasteiger partial charge in [0, 0.05) is 28.6 Å². The van der Waals surface area contributed by atoms with E-state index in [-0.39, 0.29) is 6.10 Å². The zero-order valence-corrected chi connectivity index (χ0v) is 15.6. The largest absolute Gasteiger partial charge is 0.489 e. The average Bonchev–Trinajstić information content (AvgIpc) is 2.92. The molecule has 0 radical (unpaired) electrons. The highest BCUT2D eigenvalue weighted by Gasteiger charge is 2.37. The van der Waals surface area contributed by atoms with Crippen LogP contribution in [0.5, 0.6) is 5.75 Å². The van der Waals surface area contributed by atoms with Crippen molar-refractivity contribution in [3.05, 3.63) is 50.5 Å². The third kappa shape index (κ3) is 2.70. The fraction of sp³-hybridized carbons (Fsp3) is 0.368. The highest BCUT2D eigenvalue weighted by atomic mass is 35.5. The van der Waals surface area contributed by atoms with Crippen LogP contribution in [0.3, 0.4) is 0 Å². The van der Waals surface area contributed by atoms with E-state index in [4.69, 9.17) is 39.5 Å². The van der Waals surface area contributed by atoms with Crippen LogP contribution in [-0.4, -0.2) is 19.2 Å². The molecule has 0 spiro atoms. The number of rotatable bonds is 2. The molecule has 0 saturated carbocycles. The lowest BCUT2D eigenvalue weighted by molar-refractivity contribution is 0.171. The summed E-state index contributed by atoms with van der Waals surface area (Å²) in [5, 5.41) is 5.17. The first-order valence-corrected chi connectivity index (χ1v) is 9.41. The number of hydrogen-bond donors (Lipinski definition) is 1. The van der Waals surface area contributed by atoms with E-state index < -0.39 is 0 Å². The molecule has 1 N–H and O–H groups in total. The number of fused-ring (bicyclic) bond motifs is 3. The zero-order chi connectivity index (χ0) is 16.8. The van der Waals surface area contributed by atoms with Gasteiger partial charge < -0.3 is 10.1 Å². The molecule has 1 fully saturated rings. The SMILES string of the molecule is CCc1cc(-c2c(Cl)cc(Cl)cc2Cl)cc2c1OC1CCNCC21. The number of piperidine rings is 1. The predicted molar refractivity (Wildman–Crippen MR) is 101 cm³/mol. The van der Waals surface area contributed by atoms with Gasteiger partial charge in [0.2, 0.25) is 0 Å². The molecule has 24 heavy (non-hydrogen) atoms. The number of aryl methyl sites for hydroxylation is 1. The third-order valence-electron chi connectivity index (χ3n) is 4.96. The molecule has 2 heterocycles. The molecular formula is C19H18Cl3NO. The second-order valence-corrected chi connectivity index (χ2v) is 7.66. The fourth-order valence-corrected chi connectivity index (χ4v) is 4.83. The molecule has 0 aromatic heterocycles. The monoisotopic (exact) mass is 381 g/mol. The summed E-state index contributed by atoms with van der Waals surface area (Å²) in [6.45, 7) is 4.11. The molecule has 2 aromatic rings. The summed E-state index contributed by atoms with van der Waals surface area (Å²) >= 11 is 18.9. The standard InChI is InChI=1S/C19H18Cl3NO/c1-2-10-5-11(18-15(21)7-12(20)8-16(18)22)6-13-14-9-23-4-3-17(14)24-19(10)13/h5-8,14,17,23H,2-4,9H2,1H3. The van der Waals surface area contributed by atoms with E-state index in [1.54, 1.807) is 12.1 Å². The Morgan fingerprint density at radius 2 is 1.88 bits per heavy atom. The van der Waals surface area contributed by atoms with Gasteiger partial charge in [-0.1, -0.05) is 41.7 Å². The lowest BCUT2D eigenvalue weighted by Gasteiger charge is -2.25. The Bertz CT molecular complexity index is 782. The zero-order valence-electron chi connectivity index (χ0n) is 13.3. The Kier molecular flexibility index (Phi) is 4.42. The third-order valence-corrected chi connectivity index (χ3v) is 5.77. The maximum Gasteiger partial charge on any atom is 0.126 e. The summed E-state index contributed by atoms with van der Waals surface area (Å²) in [6, 6.07) is 7.81. The summed E-state index contributed by atoms with van der Waals surface area (Å²) in [5.41, 5.74) is 4.35. The van der Waals surface area contributed by atoms with E-state index in [9.17, 15) is 0 Å². The van der Waals surface area contributed by atoms with Gasteiger partial charge in [0.25, 0.3) is 0 Å². The van der Waals surface area contributed by atoms with Crippen molar-refractivity contribution in [2.45, 2.75) is 31.8 Å². The summed E-state index contributed by atoms with van der Waals surface area (Å²) in [5.74, 6) is 1.45. The van der Waals surface area contributed by atoms with E-state index >= 15 is 0 Å². The van der Waals surface area contributed by atoms with Crippen molar-refractivity contribution in [2.75, 3.05) is 13.1 Å². The van der Waals surface area contributed by atoms with E-state index in [1.807, 2.05) is 0 Å². The van der Waals surface area contributed by atoms with E-state index in [0.717, 1.165) is 42.8 Å². The summed E-state index contributed by atoms with van der Waals surface area (Å²) < 4.78 is 6.28. The molecule has 126 valence electrons. The van der Waals surface area contributed by atoms with Crippen LogP contribution in [0.2, 0.25) is 15.1 Å². The first-order valence-electron chi connectivity index (χ1n) is 8.27. The van der Waals surface area contributed by atoms with Gasteiger partial charge in [-0.2, -0.15) is 0 Å². The van der Waals surface area contributed by atoms with Crippen molar-refractivity contribution >= 4 is 34.8 Å². The van der Waals surface area contributed by atoms with Crippen LogP contribution < -0.4 is 10.1 Å². The molecule has 0 aliphatic carbocycles. The second-order valence-electron chi connectivity index (χ2n) is 6.41. The summed E-state index contributed by atoms with van der Waals surface area (Å²) in [4.78, 5) is 0. The molecule has 2 nitrogen and oxygen atoms in total. The van der Waals surface area contributed by atoms with Gasteiger partial charge in [0.15, 0.2) is 0 Å². The van der Waals surface area contributed by atoms with Crippen molar-refractivity contribution in [1.82, 2.24) is 5.32 Å². The first kappa shape index (κ1) is 16.5. The van der Waals surface area contributed by atoms with Gasteiger partial charge in [-0.15, -0.1) is 0 Å². The van der Waals surface area contributed by atoms with Crippen molar-refractivity contribution in [3.63, 3.8) is 0 Å². The van der Waals surface area contributed by atoms with Gasteiger partial charge >= 0.3 is 0 Å². The Balaban J connectivity index is 1.88. The minimum atomic E-state index is 0.276. The normalized spacial score (nSPS) is 22.0. The van der Waals surface area contributed by atoms with Gasteiger partial charge in [-0.05, 0) is 54.8 Å². The molecule has 0 bridgehead atoms. The number of halogens is 3. The lowest BCUT2D eigenvalue weighted by Crippen LogP contribution is -2.37. The maximum absolute atomic E-state index is 6.44. The molecule has 4 rings (SSSR count). The average molecular weight is 383 g/mol. The Morgan fingerprint density at radius 3 is 2.58 bits per heavy atom. The van der Waals surface area contributed by atoms with E-state index in [0.29, 0.717) is 21.0 Å². The van der Waals surface area contributed by atoms with Crippen LogP contribution in [0.25, 0.3) is 11.1 Å². The van der Waals surface area contributed by atoms with Crippen molar-refractivity contribution < 1.29 is 4.74 Å².